The molecule has 2 unspecified atom stereocenters. The number of ether oxygens (including phenoxy) is 1. The Labute approximate surface area is 126 Å². The van der Waals surface area contributed by atoms with Crippen LogP contribution in [0.3, 0.4) is 0 Å². The minimum absolute atomic E-state index is 0.513. The van der Waals surface area contributed by atoms with Crippen LogP contribution in [0.15, 0.2) is 12.1 Å². The summed E-state index contributed by atoms with van der Waals surface area (Å²) < 4.78 is 5.60. The molecule has 5 nitrogen and oxygen atoms in total. The third-order valence-electron chi connectivity index (χ3n) is 4.51. The molecule has 0 bridgehead atoms. The molecule has 1 aromatic heterocycles. The number of anilines is 2. The lowest BCUT2D eigenvalue weighted by molar-refractivity contribution is 0.188. The molecular weight excluding hydrogens is 264 g/mol. The lowest BCUT2D eigenvalue weighted by Gasteiger charge is -2.35. The standard InChI is InChI=1S/C16H26N4O/c1-2-10-21-16-14(17)5-6-15(19-16)18-12-7-9-20-8-3-4-13(20)11-12/h5-6,12-13H,2-4,7-11,17H2,1H3,(H,18,19). The Bertz CT molecular complexity index is 479. The molecule has 116 valence electrons. The van der Waals surface area contributed by atoms with Gasteiger partial charge in [0.15, 0.2) is 0 Å². The maximum absolute atomic E-state index is 5.91. The number of hydrogen-bond acceptors (Lipinski definition) is 5. The van der Waals surface area contributed by atoms with Crippen LogP contribution in [0.4, 0.5) is 11.5 Å². The second-order valence-corrected chi connectivity index (χ2v) is 6.14. The smallest absolute Gasteiger partial charge is 0.239 e. The summed E-state index contributed by atoms with van der Waals surface area (Å²) in [5, 5.41) is 3.56. The molecule has 2 fully saturated rings. The summed E-state index contributed by atoms with van der Waals surface area (Å²) in [6, 6.07) is 5.11. The van der Waals surface area contributed by atoms with Crippen molar-refractivity contribution in [2.24, 2.45) is 0 Å². The summed E-state index contributed by atoms with van der Waals surface area (Å²) in [5.41, 5.74) is 6.52. The molecule has 0 amide bonds. The number of rotatable bonds is 5. The Morgan fingerprint density at radius 3 is 3.14 bits per heavy atom. The van der Waals surface area contributed by atoms with Crippen molar-refractivity contribution >= 4 is 11.5 Å². The van der Waals surface area contributed by atoms with Gasteiger partial charge in [0.05, 0.1) is 12.3 Å². The van der Waals surface area contributed by atoms with Gasteiger partial charge in [-0.3, -0.25) is 0 Å². The number of nitrogen functional groups attached to an aromatic ring is 1. The molecule has 0 spiro atoms. The molecule has 3 N–H and O–H groups in total. The van der Waals surface area contributed by atoms with Gasteiger partial charge in [0.2, 0.25) is 5.88 Å². The molecule has 0 aromatic carbocycles. The predicted octanol–water partition coefficient (Wildman–Crippen LogP) is 2.49. The van der Waals surface area contributed by atoms with E-state index in [2.05, 4.69) is 22.1 Å². The van der Waals surface area contributed by atoms with Crippen molar-refractivity contribution in [3.63, 3.8) is 0 Å². The van der Waals surface area contributed by atoms with E-state index < -0.39 is 0 Å². The Morgan fingerprint density at radius 2 is 2.29 bits per heavy atom. The van der Waals surface area contributed by atoms with Gasteiger partial charge in [0, 0.05) is 18.6 Å². The van der Waals surface area contributed by atoms with Crippen molar-refractivity contribution in [2.75, 3.05) is 30.7 Å². The molecule has 0 radical (unpaired) electrons. The van der Waals surface area contributed by atoms with E-state index in [1.165, 1.54) is 38.8 Å². The number of fused-ring (bicyclic) bond motifs is 1. The summed E-state index contributed by atoms with van der Waals surface area (Å²) in [6.07, 6.45) is 6.06. The molecule has 1 aromatic rings. The third kappa shape index (κ3) is 3.40. The largest absolute Gasteiger partial charge is 0.476 e. The molecule has 2 aliphatic rings. The lowest BCUT2D eigenvalue weighted by Crippen LogP contribution is -2.42. The number of nitrogens with two attached hydrogens (primary N) is 1. The minimum atomic E-state index is 0.513. The molecule has 0 aliphatic carbocycles. The van der Waals surface area contributed by atoms with Gasteiger partial charge in [-0.25, -0.2) is 0 Å². The number of nitrogens with one attached hydrogen (secondary N) is 1. The van der Waals surface area contributed by atoms with Crippen molar-refractivity contribution in [3.8, 4) is 5.88 Å². The highest BCUT2D eigenvalue weighted by Crippen LogP contribution is 2.29. The van der Waals surface area contributed by atoms with Crippen LogP contribution in [-0.2, 0) is 0 Å². The van der Waals surface area contributed by atoms with E-state index in [4.69, 9.17) is 10.5 Å². The molecule has 3 rings (SSSR count). The van der Waals surface area contributed by atoms with E-state index in [9.17, 15) is 0 Å². The van der Waals surface area contributed by atoms with Gasteiger partial charge in [0.1, 0.15) is 5.82 Å². The molecule has 5 heteroatoms. The van der Waals surface area contributed by atoms with Gasteiger partial charge in [-0.05, 0) is 50.8 Å². The zero-order valence-electron chi connectivity index (χ0n) is 12.8. The zero-order valence-corrected chi connectivity index (χ0v) is 12.8. The van der Waals surface area contributed by atoms with Crippen LogP contribution < -0.4 is 15.8 Å². The second kappa shape index (κ2) is 6.52. The SMILES string of the molecule is CCCOc1nc(NC2CCN3CCCC3C2)ccc1N. The first-order chi connectivity index (χ1) is 10.3. The average molecular weight is 290 g/mol. The van der Waals surface area contributed by atoms with Crippen LogP contribution in [0.1, 0.15) is 39.0 Å². The average Bonchev–Trinajstić information content (AvgIpc) is 2.95. The van der Waals surface area contributed by atoms with Gasteiger partial charge in [-0.15, -0.1) is 0 Å². The number of pyridine rings is 1. The van der Waals surface area contributed by atoms with E-state index in [-0.39, 0.29) is 0 Å². The predicted molar refractivity (Wildman–Crippen MR) is 85.7 cm³/mol. The quantitative estimate of drug-likeness (QED) is 0.872. The molecule has 2 saturated heterocycles. The zero-order chi connectivity index (χ0) is 14.7. The fourth-order valence-electron chi connectivity index (χ4n) is 3.41. The van der Waals surface area contributed by atoms with Crippen molar-refractivity contribution in [1.29, 1.82) is 0 Å². The molecular formula is C16H26N4O. The molecule has 0 saturated carbocycles. The molecule has 2 aliphatic heterocycles. The molecule has 2 atom stereocenters. The molecule has 3 heterocycles. The number of piperidine rings is 1. The van der Waals surface area contributed by atoms with Gasteiger partial charge >= 0.3 is 0 Å². The summed E-state index contributed by atoms with van der Waals surface area (Å²) in [4.78, 5) is 7.15. The number of hydrogen-bond donors (Lipinski definition) is 2. The summed E-state index contributed by atoms with van der Waals surface area (Å²) in [5.74, 6) is 1.44. The minimum Gasteiger partial charge on any atom is -0.476 e. The Morgan fingerprint density at radius 1 is 1.38 bits per heavy atom. The highest BCUT2D eigenvalue weighted by atomic mass is 16.5. The fraction of sp³-hybridized carbons (Fsp3) is 0.688. The maximum atomic E-state index is 5.91. The Hall–Kier alpha value is -1.49. The van der Waals surface area contributed by atoms with Crippen LogP contribution in [0, 0.1) is 0 Å². The van der Waals surface area contributed by atoms with Crippen molar-refractivity contribution in [3.05, 3.63) is 12.1 Å². The van der Waals surface area contributed by atoms with Crippen molar-refractivity contribution in [1.82, 2.24) is 9.88 Å². The first kappa shape index (κ1) is 14.4. The first-order valence-electron chi connectivity index (χ1n) is 8.16. The van der Waals surface area contributed by atoms with Crippen LogP contribution in [0.5, 0.6) is 5.88 Å². The van der Waals surface area contributed by atoms with E-state index in [1.54, 1.807) is 0 Å². The van der Waals surface area contributed by atoms with Crippen molar-refractivity contribution in [2.45, 2.75) is 51.1 Å². The highest BCUT2D eigenvalue weighted by molar-refractivity contribution is 5.53. The Balaban J connectivity index is 1.61. The number of aromatic nitrogens is 1. The normalized spacial score (nSPS) is 25.6. The maximum Gasteiger partial charge on any atom is 0.239 e. The van der Waals surface area contributed by atoms with Crippen LogP contribution in [-0.4, -0.2) is 41.7 Å². The summed E-state index contributed by atoms with van der Waals surface area (Å²) in [7, 11) is 0. The first-order valence-corrected chi connectivity index (χ1v) is 8.16. The lowest BCUT2D eigenvalue weighted by atomic mass is 9.97. The van der Waals surface area contributed by atoms with Crippen LogP contribution in [0.25, 0.3) is 0 Å². The highest BCUT2D eigenvalue weighted by Gasteiger charge is 2.31. The fourth-order valence-corrected chi connectivity index (χ4v) is 3.41. The van der Waals surface area contributed by atoms with Crippen molar-refractivity contribution < 1.29 is 4.74 Å². The van der Waals surface area contributed by atoms with Crippen LogP contribution >= 0.6 is 0 Å². The number of nitrogens with zero attached hydrogens (tertiary/aromatic N) is 2. The Kier molecular flexibility index (Phi) is 4.48. The molecule has 21 heavy (non-hydrogen) atoms. The monoisotopic (exact) mass is 290 g/mol. The van der Waals surface area contributed by atoms with E-state index in [1.807, 2.05) is 12.1 Å². The van der Waals surface area contributed by atoms with E-state index >= 15 is 0 Å². The third-order valence-corrected chi connectivity index (χ3v) is 4.51. The van der Waals surface area contributed by atoms with Gasteiger partial charge in [0.25, 0.3) is 0 Å². The summed E-state index contributed by atoms with van der Waals surface area (Å²) >= 11 is 0. The second-order valence-electron chi connectivity index (χ2n) is 6.14. The topological polar surface area (TPSA) is 63.4 Å². The van der Waals surface area contributed by atoms with E-state index in [0.717, 1.165) is 18.3 Å². The van der Waals surface area contributed by atoms with Gasteiger partial charge < -0.3 is 20.7 Å². The van der Waals surface area contributed by atoms with Gasteiger partial charge in [-0.2, -0.15) is 4.98 Å². The van der Waals surface area contributed by atoms with Crippen LogP contribution in [0.2, 0.25) is 0 Å². The van der Waals surface area contributed by atoms with E-state index in [0.29, 0.717) is 24.2 Å². The summed E-state index contributed by atoms with van der Waals surface area (Å²) in [6.45, 7) is 5.22. The van der Waals surface area contributed by atoms with Gasteiger partial charge in [-0.1, -0.05) is 6.92 Å².